The molecule has 0 bridgehead atoms. The van der Waals surface area contributed by atoms with E-state index in [1.807, 2.05) is 0 Å². The molecule has 2 aromatic carbocycles. The SMILES string of the molecule is Cc1cccc(CCC(C)(C)NCC(O)c2ccc(O)c3[nH]c(=O)ccc23)c1. The van der Waals surface area contributed by atoms with E-state index in [0.717, 1.165) is 12.8 Å². The zero-order valence-electron chi connectivity index (χ0n) is 16.6. The van der Waals surface area contributed by atoms with Crippen LogP contribution in [0.5, 0.6) is 5.75 Å². The molecule has 0 aliphatic rings. The number of aliphatic hydroxyl groups is 1. The van der Waals surface area contributed by atoms with E-state index in [4.69, 9.17) is 0 Å². The number of benzene rings is 2. The van der Waals surface area contributed by atoms with Crippen molar-refractivity contribution in [2.45, 2.75) is 45.3 Å². The van der Waals surface area contributed by atoms with Gasteiger partial charge in [0.15, 0.2) is 0 Å². The number of aromatic hydroxyl groups is 1. The summed E-state index contributed by atoms with van der Waals surface area (Å²) in [6.45, 7) is 6.72. The number of hydrogen-bond donors (Lipinski definition) is 4. The summed E-state index contributed by atoms with van der Waals surface area (Å²) in [7, 11) is 0. The Labute approximate surface area is 165 Å². The molecule has 148 valence electrons. The van der Waals surface area contributed by atoms with Crippen LogP contribution >= 0.6 is 0 Å². The highest BCUT2D eigenvalue weighted by Gasteiger charge is 2.20. The quantitative estimate of drug-likeness (QED) is 0.505. The molecule has 0 saturated carbocycles. The fourth-order valence-corrected chi connectivity index (χ4v) is 3.45. The van der Waals surface area contributed by atoms with Gasteiger partial charge in [0.2, 0.25) is 5.56 Å². The van der Waals surface area contributed by atoms with Gasteiger partial charge in [-0.1, -0.05) is 35.9 Å². The van der Waals surface area contributed by atoms with Crippen molar-refractivity contribution >= 4 is 10.9 Å². The predicted octanol–water partition coefficient (Wildman–Crippen LogP) is 3.58. The van der Waals surface area contributed by atoms with E-state index in [0.29, 0.717) is 23.0 Å². The molecule has 0 saturated heterocycles. The fraction of sp³-hybridized carbons (Fsp3) is 0.348. The number of H-pyrrole nitrogens is 1. The molecule has 0 amide bonds. The van der Waals surface area contributed by atoms with Crippen LogP contribution in [0.3, 0.4) is 0 Å². The maximum atomic E-state index is 11.5. The molecule has 3 rings (SSSR count). The molecule has 0 fully saturated rings. The van der Waals surface area contributed by atoms with Crippen LogP contribution in [0.4, 0.5) is 0 Å². The van der Waals surface area contributed by atoms with Crippen LogP contribution in [0, 0.1) is 6.92 Å². The summed E-state index contributed by atoms with van der Waals surface area (Å²) in [5.74, 6) is -0.00454. The molecule has 4 N–H and O–H groups in total. The van der Waals surface area contributed by atoms with E-state index in [-0.39, 0.29) is 16.8 Å². The second-order valence-corrected chi connectivity index (χ2v) is 8.05. The number of phenolic OH excluding ortho intramolecular Hbond substituents is 1. The Morgan fingerprint density at radius 3 is 2.68 bits per heavy atom. The minimum absolute atomic E-state index is 0.00454. The van der Waals surface area contributed by atoms with Crippen LogP contribution in [0.25, 0.3) is 10.9 Å². The Hall–Kier alpha value is -2.63. The number of aromatic amines is 1. The van der Waals surface area contributed by atoms with Crippen LogP contribution in [-0.4, -0.2) is 27.3 Å². The minimum atomic E-state index is -0.757. The molecule has 0 aliphatic heterocycles. The normalized spacial score (nSPS) is 13.0. The number of fused-ring (bicyclic) bond motifs is 1. The van der Waals surface area contributed by atoms with Gasteiger partial charge in [0.1, 0.15) is 5.75 Å². The van der Waals surface area contributed by atoms with E-state index in [1.54, 1.807) is 12.1 Å². The Kier molecular flexibility index (Phi) is 5.87. The number of aryl methyl sites for hydroxylation is 2. The summed E-state index contributed by atoms with van der Waals surface area (Å²) in [6, 6.07) is 14.7. The average molecular weight is 380 g/mol. The van der Waals surface area contributed by atoms with Gasteiger partial charge >= 0.3 is 0 Å². The predicted molar refractivity (Wildman–Crippen MR) is 113 cm³/mol. The third-order valence-electron chi connectivity index (χ3n) is 5.16. The third-order valence-corrected chi connectivity index (χ3v) is 5.16. The van der Waals surface area contributed by atoms with E-state index < -0.39 is 6.10 Å². The number of rotatable bonds is 7. The lowest BCUT2D eigenvalue weighted by molar-refractivity contribution is 0.160. The van der Waals surface area contributed by atoms with Crippen LogP contribution < -0.4 is 10.9 Å². The van der Waals surface area contributed by atoms with Crippen LogP contribution in [0.1, 0.15) is 43.1 Å². The molecule has 5 heteroatoms. The maximum absolute atomic E-state index is 11.5. The Morgan fingerprint density at radius 2 is 1.93 bits per heavy atom. The van der Waals surface area contributed by atoms with Gasteiger partial charge in [0.25, 0.3) is 0 Å². The summed E-state index contributed by atoms with van der Waals surface area (Å²) in [6.07, 6.45) is 1.14. The van der Waals surface area contributed by atoms with Gasteiger partial charge < -0.3 is 20.5 Å². The van der Waals surface area contributed by atoms with Crippen molar-refractivity contribution in [1.29, 1.82) is 0 Å². The van der Waals surface area contributed by atoms with Crippen molar-refractivity contribution in [2.24, 2.45) is 0 Å². The monoisotopic (exact) mass is 380 g/mol. The van der Waals surface area contributed by atoms with Crippen LogP contribution in [0.15, 0.2) is 53.3 Å². The van der Waals surface area contributed by atoms with Crippen molar-refractivity contribution < 1.29 is 10.2 Å². The zero-order valence-corrected chi connectivity index (χ0v) is 16.6. The standard InChI is InChI=1S/C23H28N2O3/c1-15-5-4-6-16(13-15)11-12-23(2,3)24-14-20(27)17-7-9-19(26)22-18(17)8-10-21(28)25-22/h4-10,13,20,24,26-27H,11-12,14H2,1-3H3,(H,25,28). The first-order valence-electron chi connectivity index (χ1n) is 9.59. The number of β-amino-alcohol motifs (C(OH)–C–C–N with tert-alkyl or cyclic N) is 1. The minimum Gasteiger partial charge on any atom is -0.506 e. The second kappa shape index (κ2) is 8.17. The maximum Gasteiger partial charge on any atom is 0.248 e. The Morgan fingerprint density at radius 1 is 1.14 bits per heavy atom. The van der Waals surface area contributed by atoms with Crippen molar-refractivity contribution in [3.8, 4) is 5.75 Å². The highest BCUT2D eigenvalue weighted by molar-refractivity contribution is 5.87. The molecule has 0 aliphatic carbocycles. The second-order valence-electron chi connectivity index (χ2n) is 8.05. The number of pyridine rings is 1. The Bertz CT molecular complexity index is 1020. The molecular formula is C23H28N2O3. The molecule has 1 unspecified atom stereocenters. The number of nitrogens with one attached hydrogen (secondary N) is 2. The molecule has 1 atom stereocenters. The summed E-state index contributed by atoms with van der Waals surface area (Å²) in [5, 5.41) is 24.8. The van der Waals surface area contributed by atoms with E-state index in [9.17, 15) is 15.0 Å². The summed E-state index contributed by atoms with van der Waals surface area (Å²) in [5.41, 5.74) is 3.16. The molecule has 0 spiro atoms. The van der Waals surface area contributed by atoms with Gasteiger partial charge in [0, 0.05) is 23.5 Å². The third kappa shape index (κ3) is 4.80. The Balaban J connectivity index is 1.67. The molecule has 1 heterocycles. The molecule has 28 heavy (non-hydrogen) atoms. The summed E-state index contributed by atoms with van der Waals surface area (Å²) < 4.78 is 0. The lowest BCUT2D eigenvalue weighted by atomic mass is 9.94. The number of phenols is 1. The van der Waals surface area contributed by atoms with Gasteiger partial charge in [0.05, 0.1) is 11.6 Å². The first-order chi connectivity index (χ1) is 13.2. The van der Waals surface area contributed by atoms with Gasteiger partial charge in [-0.05, 0) is 56.9 Å². The van der Waals surface area contributed by atoms with Crippen molar-refractivity contribution in [2.75, 3.05) is 6.54 Å². The van der Waals surface area contributed by atoms with Crippen LogP contribution in [-0.2, 0) is 6.42 Å². The van der Waals surface area contributed by atoms with Gasteiger partial charge in [-0.25, -0.2) is 0 Å². The van der Waals surface area contributed by atoms with Crippen molar-refractivity contribution in [1.82, 2.24) is 10.3 Å². The fourth-order valence-electron chi connectivity index (χ4n) is 3.45. The van der Waals surface area contributed by atoms with E-state index in [1.165, 1.54) is 23.3 Å². The number of aromatic nitrogens is 1. The van der Waals surface area contributed by atoms with E-state index in [2.05, 4.69) is 55.3 Å². The number of aliphatic hydroxyl groups excluding tert-OH is 1. The van der Waals surface area contributed by atoms with Crippen molar-refractivity contribution in [3.63, 3.8) is 0 Å². The van der Waals surface area contributed by atoms with Crippen molar-refractivity contribution in [3.05, 3.63) is 75.6 Å². The summed E-state index contributed by atoms with van der Waals surface area (Å²) in [4.78, 5) is 14.2. The molecule has 0 radical (unpaired) electrons. The van der Waals surface area contributed by atoms with Gasteiger partial charge in [-0.15, -0.1) is 0 Å². The molecule has 1 aromatic heterocycles. The smallest absolute Gasteiger partial charge is 0.248 e. The highest BCUT2D eigenvalue weighted by Crippen LogP contribution is 2.29. The summed E-state index contributed by atoms with van der Waals surface area (Å²) >= 11 is 0. The number of hydrogen-bond acceptors (Lipinski definition) is 4. The van der Waals surface area contributed by atoms with Crippen LogP contribution in [0.2, 0.25) is 0 Å². The van der Waals surface area contributed by atoms with Gasteiger partial charge in [-0.3, -0.25) is 4.79 Å². The first kappa shape index (κ1) is 20.1. The lowest BCUT2D eigenvalue weighted by Gasteiger charge is -2.28. The van der Waals surface area contributed by atoms with E-state index >= 15 is 0 Å². The average Bonchev–Trinajstić information content (AvgIpc) is 2.65. The molecular weight excluding hydrogens is 352 g/mol. The largest absolute Gasteiger partial charge is 0.506 e. The van der Waals surface area contributed by atoms with Gasteiger partial charge in [-0.2, -0.15) is 0 Å². The first-order valence-corrected chi connectivity index (χ1v) is 9.59. The topological polar surface area (TPSA) is 85.3 Å². The highest BCUT2D eigenvalue weighted by atomic mass is 16.3. The molecule has 3 aromatic rings. The lowest BCUT2D eigenvalue weighted by Crippen LogP contribution is -2.42. The molecule has 5 nitrogen and oxygen atoms in total. The zero-order chi connectivity index (χ0) is 20.3.